The van der Waals surface area contributed by atoms with Gasteiger partial charge in [0.05, 0.1) is 13.7 Å². The van der Waals surface area contributed by atoms with Gasteiger partial charge >= 0.3 is 0 Å². The van der Waals surface area contributed by atoms with Crippen molar-refractivity contribution in [2.24, 2.45) is 5.41 Å². The van der Waals surface area contributed by atoms with E-state index in [0.29, 0.717) is 5.41 Å². The molecular weight excluding hydrogens is 248 g/mol. The van der Waals surface area contributed by atoms with Crippen LogP contribution in [0.3, 0.4) is 0 Å². The molecule has 1 aliphatic carbocycles. The van der Waals surface area contributed by atoms with E-state index in [-0.39, 0.29) is 0 Å². The van der Waals surface area contributed by atoms with Crippen LogP contribution in [0.5, 0.6) is 11.5 Å². The van der Waals surface area contributed by atoms with Crippen molar-refractivity contribution in [2.45, 2.75) is 32.1 Å². The summed E-state index contributed by atoms with van der Waals surface area (Å²) in [4.78, 5) is 0. The molecule has 1 aliphatic rings. The number of hydrogen-bond acceptors (Lipinski definition) is 2. The number of ether oxygens (including phenoxy) is 2. The molecule has 3 heteroatoms. The molecule has 0 N–H and O–H groups in total. The number of benzene rings is 1. The minimum Gasteiger partial charge on any atom is -0.497 e. The zero-order valence-electron chi connectivity index (χ0n) is 11.0. The second-order valence-electron chi connectivity index (χ2n) is 5.11. The second kappa shape index (κ2) is 6.33. The molecule has 1 aromatic rings. The van der Waals surface area contributed by atoms with Gasteiger partial charge in [-0.15, -0.1) is 11.6 Å². The lowest BCUT2D eigenvalue weighted by Gasteiger charge is -2.26. The Morgan fingerprint density at radius 3 is 2.28 bits per heavy atom. The van der Waals surface area contributed by atoms with E-state index in [4.69, 9.17) is 21.1 Å². The standard InChI is InChI=1S/C15H21ClO2/c1-17-13-4-6-14(7-5-13)18-11-10-15(12-16)8-2-3-9-15/h4-7H,2-3,8-12H2,1H3. The summed E-state index contributed by atoms with van der Waals surface area (Å²) in [6.45, 7) is 0.749. The predicted molar refractivity (Wildman–Crippen MR) is 74.7 cm³/mol. The highest BCUT2D eigenvalue weighted by Crippen LogP contribution is 2.42. The van der Waals surface area contributed by atoms with Crippen LogP contribution in [-0.2, 0) is 0 Å². The fourth-order valence-corrected chi connectivity index (χ4v) is 3.03. The summed E-state index contributed by atoms with van der Waals surface area (Å²) in [6.07, 6.45) is 6.19. The highest BCUT2D eigenvalue weighted by Gasteiger charge is 2.32. The molecule has 1 saturated carbocycles. The van der Waals surface area contributed by atoms with Crippen molar-refractivity contribution in [3.63, 3.8) is 0 Å². The summed E-state index contributed by atoms with van der Waals surface area (Å²) in [5, 5.41) is 0. The van der Waals surface area contributed by atoms with Crippen molar-refractivity contribution < 1.29 is 9.47 Å². The summed E-state index contributed by atoms with van der Waals surface area (Å²) in [7, 11) is 1.67. The van der Waals surface area contributed by atoms with Gasteiger partial charge in [0.2, 0.25) is 0 Å². The summed E-state index contributed by atoms with van der Waals surface area (Å²) in [6, 6.07) is 7.73. The molecule has 1 fully saturated rings. The van der Waals surface area contributed by atoms with Crippen LogP contribution in [0.4, 0.5) is 0 Å². The number of hydrogen-bond donors (Lipinski definition) is 0. The van der Waals surface area contributed by atoms with Gasteiger partial charge in [-0.2, -0.15) is 0 Å². The van der Waals surface area contributed by atoms with Crippen LogP contribution in [-0.4, -0.2) is 19.6 Å². The third-order valence-corrected chi connectivity index (χ3v) is 4.48. The maximum Gasteiger partial charge on any atom is 0.119 e. The van der Waals surface area contributed by atoms with E-state index in [0.717, 1.165) is 30.4 Å². The van der Waals surface area contributed by atoms with E-state index >= 15 is 0 Å². The Balaban J connectivity index is 1.80. The summed E-state index contributed by atoms with van der Waals surface area (Å²) >= 11 is 6.11. The van der Waals surface area contributed by atoms with Crippen molar-refractivity contribution in [1.82, 2.24) is 0 Å². The highest BCUT2D eigenvalue weighted by atomic mass is 35.5. The topological polar surface area (TPSA) is 18.5 Å². The van der Waals surface area contributed by atoms with Gasteiger partial charge in [0.1, 0.15) is 11.5 Å². The lowest BCUT2D eigenvalue weighted by atomic mass is 9.85. The van der Waals surface area contributed by atoms with Crippen LogP contribution >= 0.6 is 11.6 Å². The van der Waals surface area contributed by atoms with Crippen LogP contribution in [0.25, 0.3) is 0 Å². The average Bonchev–Trinajstić information content (AvgIpc) is 2.89. The normalized spacial score (nSPS) is 17.7. The molecule has 1 aromatic carbocycles. The first-order valence-electron chi connectivity index (χ1n) is 6.61. The Labute approximate surface area is 114 Å². The summed E-state index contributed by atoms with van der Waals surface area (Å²) < 4.78 is 10.9. The first-order valence-corrected chi connectivity index (χ1v) is 7.14. The number of rotatable bonds is 6. The molecule has 2 rings (SSSR count). The third kappa shape index (κ3) is 3.32. The Kier molecular flexibility index (Phi) is 4.76. The van der Waals surface area contributed by atoms with Crippen molar-refractivity contribution in [3.05, 3.63) is 24.3 Å². The highest BCUT2D eigenvalue weighted by molar-refractivity contribution is 6.18. The molecule has 18 heavy (non-hydrogen) atoms. The van der Waals surface area contributed by atoms with E-state index in [1.165, 1.54) is 25.7 Å². The lowest BCUT2D eigenvalue weighted by molar-refractivity contribution is 0.219. The predicted octanol–water partition coefficient (Wildman–Crippen LogP) is 4.26. The molecule has 0 atom stereocenters. The summed E-state index contributed by atoms with van der Waals surface area (Å²) in [5.41, 5.74) is 0.327. The monoisotopic (exact) mass is 268 g/mol. The molecule has 0 amide bonds. The Morgan fingerprint density at radius 1 is 1.11 bits per heavy atom. The fourth-order valence-electron chi connectivity index (χ4n) is 2.63. The quantitative estimate of drug-likeness (QED) is 0.718. The minimum absolute atomic E-state index is 0.327. The molecule has 0 unspecified atom stereocenters. The average molecular weight is 269 g/mol. The summed E-state index contributed by atoms with van der Waals surface area (Å²) in [5.74, 6) is 2.52. The van der Waals surface area contributed by atoms with Crippen LogP contribution in [0.15, 0.2) is 24.3 Å². The van der Waals surface area contributed by atoms with Gasteiger partial charge in [-0.3, -0.25) is 0 Å². The van der Waals surface area contributed by atoms with Gasteiger partial charge in [-0.1, -0.05) is 12.8 Å². The molecule has 0 heterocycles. The molecule has 0 aromatic heterocycles. The maximum absolute atomic E-state index is 6.11. The maximum atomic E-state index is 6.11. The van der Waals surface area contributed by atoms with Gasteiger partial charge in [-0.25, -0.2) is 0 Å². The second-order valence-corrected chi connectivity index (χ2v) is 5.38. The van der Waals surface area contributed by atoms with Crippen molar-refractivity contribution in [1.29, 1.82) is 0 Å². The largest absolute Gasteiger partial charge is 0.497 e. The molecule has 0 aliphatic heterocycles. The molecule has 0 bridgehead atoms. The van der Waals surface area contributed by atoms with Crippen molar-refractivity contribution >= 4 is 11.6 Å². The fraction of sp³-hybridized carbons (Fsp3) is 0.600. The number of methoxy groups -OCH3 is 1. The SMILES string of the molecule is COc1ccc(OCCC2(CCl)CCCC2)cc1. The lowest BCUT2D eigenvalue weighted by Crippen LogP contribution is -2.21. The Morgan fingerprint density at radius 2 is 1.72 bits per heavy atom. The first kappa shape index (κ1) is 13.5. The van der Waals surface area contributed by atoms with Crippen LogP contribution in [0, 0.1) is 5.41 Å². The smallest absolute Gasteiger partial charge is 0.119 e. The third-order valence-electron chi connectivity index (χ3n) is 3.91. The zero-order chi connectivity index (χ0) is 12.8. The number of alkyl halides is 1. The number of halogens is 1. The van der Waals surface area contributed by atoms with Crippen LogP contribution in [0.2, 0.25) is 0 Å². The van der Waals surface area contributed by atoms with Crippen molar-refractivity contribution in [2.75, 3.05) is 19.6 Å². The Bertz CT molecular complexity index is 355. The van der Waals surface area contributed by atoms with Crippen molar-refractivity contribution in [3.8, 4) is 11.5 Å². The van der Waals surface area contributed by atoms with E-state index in [9.17, 15) is 0 Å². The van der Waals surface area contributed by atoms with E-state index in [2.05, 4.69) is 0 Å². The minimum atomic E-state index is 0.327. The molecule has 0 spiro atoms. The molecule has 2 nitrogen and oxygen atoms in total. The molecule has 0 radical (unpaired) electrons. The van der Waals surface area contributed by atoms with E-state index in [1.807, 2.05) is 24.3 Å². The Hall–Kier alpha value is -0.890. The van der Waals surface area contributed by atoms with Gasteiger partial charge in [-0.05, 0) is 48.9 Å². The van der Waals surface area contributed by atoms with E-state index in [1.54, 1.807) is 7.11 Å². The van der Waals surface area contributed by atoms with Gasteiger partial charge in [0, 0.05) is 5.88 Å². The first-order chi connectivity index (χ1) is 8.78. The van der Waals surface area contributed by atoms with Gasteiger partial charge in [0.15, 0.2) is 0 Å². The molecular formula is C15H21ClO2. The zero-order valence-corrected chi connectivity index (χ0v) is 11.7. The van der Waals surface area contributed by atoms with E-state index < -0.39 is 0 Å². The molecule has 100 valence electrons. The van der Waals surface area contributed by atoms with Crippen LogP contribution < -0.4 is 9.47 Å². The van der Waals surface area contributed by atoms with Gasteiger partial charge in [0.25, 0.3) is 0 Å². The molecule has 0 saturated heterocycles. The van der Waals surface area contributed by atoms with Gasteiger partial charge < -0.3 is 9.47 Å². The van der Waals surface area contributed by atoms with Crippen LogP contribution in [0.1, 0.15) is 32.1 Å².